The van der Waals surface area contributed by atoms with Crippen LogP contribution in [0.4, 0.5) is 22.0 Å². The number of halogens is 5. The van der Waals surface area contributed by atoms with Gasteiger partial charge in [0.25, 0.3) is 11.1 Å². The number of aromatic amines is 1. The highest BCUT2D eigenvalue weighted by atomic mass is 32.2. The summed E-state index contributed by atoms with van der Waals surface area (Å²) in [4.78, 5) is 26.3. The van der Waals surface area contributed by atoms with Crippen LogP contribution in [0, 0.1) is 11.6 Å². The third kappa shape index (κ3) is 3.95. The highest BCUT2D eigenvalue weighted by Crippen LogP contribution is 2.31. The van der Waals surface area contributed by atoms with E-state index in [1.807, 2.05) is 0 Å². The molecule has 0 atom stereocenters. The van der Waals surface area contributed by atoms with Gasteiger partial charge in [-0.3, -0.25) is 14.2 Å². The smallest absolute Gasteiger partial charge is 0.324 e. The fourth-order valence-corrected chi connectivity index (χ4v) is 3.71. The molecule has 4 rings (SSSR count). The second kappa shape index (κ2) is 7.65. The summed E-state index contributed by atoms with van der Waals surface area (Å²) >= 11 is 0.820. The van der Waals surface area contributed by atoms with Gasteiger partial charge >= 0.3 is 6.18 Å². The summed E-state index contributed by atoms with van der Waals surface area (Å²) in [6, 6.07) is 4.31. The van der Waals surface area contributed by atoms with E-state index in [1.165, 1.54) is 12.3 Å². The lowest BCUT2D eigenvalue weighted by atomic mass is 10.1. The zero-order chi connectivity index (χ0) is 22.3. The Hall–Kier alpha value is -3.48. The zero-order valence-corrected chi connectivity index (χ0v) is 16.0. The van der Waals surface area contributed by atoms with Crippen molar-refractivity contribution >= 4 is 17.3 Å². The first-order chi connectivity index (χ1) is 14.6. The summed E-state index contributed by atoms with van der Waals surface area (Å²) in [5, 5.41) is 7.96. The van der Waals surface area contributed by atoms with Gasteiger partial charge in [0.05, 0.1) is 17.4 Å². The second-order valence-corrected chi connectivity index (χ2v) is 7.20. The normalized spacial score (nSPS) is 11.9. The van der Waals surface area contributed by atoms with E-state index in [0.717, 1.165) is 45.4 Å². The molecule has 0 bridgehead atoms. The Labute approximate surface area is 173 Å². The average molecular weight is 455 g/mol. The van der Waals surface area contributed by atoms with E-state index in [-0.39, 0.29) is 27.7 Å². The van der Waals surface area contributed by atoms with Crippen LogP contribution >= 0.6 is 11.8 Å². The first-order valence-corrected chi connectivity index (χ1v) is 9.48. The molecule has 0 amide bonds. The molecule has 3 aromatic heterocycles. The number of alkyl halides is 3. The lowest BCUT2D eigenvalue weighted by Crippen LogP contribution is -2.25. The van der Waals surface area contributed by atoms with Crippen molar-refractivity contribution in [2.45, 2.75) is 17.1 Å². The Bertz CT molecular complexity index is 1410. The summed E-state index contributed by atoms with van der Waals surface area (Å²) in [7, 11) is 0. The lowest BCUT2D eigenvalue weighted by molar-refractivity contribution is -0.137. The van der Waals surface area contributed by atoms with Crippen molar-refractivity contribution in [2.75, 3.05) is 0 Å². The number of rotatable bonds is 4. The largest absolute Gasteiger partial charge is 0.416 e. The molecule has 0 fully saturated rings. The maximum atomic E-state index is 14.2. The number of thioether (sulfide) groups is 1. The van der Waals surface area contributed by atoms with Crippen LogP contribution in [-0.2, 0) is 11.9 Å². The zero-order valence-electron chi connectivity index (χ0n) is 15.2. The fourth-order valence-electron chi connectivity index (χ4n) is 2.74. The van der Waals surface area contributed by atoms with Crippen LogP contribution in [0.25, 0.3) is 11.2 Å². The Morgan fingerprint density at radius 1 is 1.06 bits per heavy atom. The van der Waals surface area contributed by atoms with Gasteiger partial charge in [-0.25, -0.2) is 8.78 Å². The molecule has 31 heavy (non-hydrogen) atoms. The van der Waals surface area contributed by atoms with Gasteiger partial charge in [-0.05, 0) is 23.8 Å². The van der Waals surface area contributed by atoms with Gasteiger partial charge in [-0.15, -0.1) is 9.73 Å². The number of H-pyrrole nitrogens is 1. The van der Waals surface area contributed by atoms with E-state index in [4.69, 9.17) is 0 Å². The minimum Gasteiger partial charge on any atom is -0.324 e. The van der Waals surface area contributed by atoms with Crippen LogP contribution in [0.15, 0.2) is 57.5 Å². The highest BCUT2D eigenvalue weighted by molar-refractivity contribution is 7.98. The van der Waals surface area contributed by atoms with Gasteiger partial charge in [0.1, 0.15) is 5.82 Å². The molecular weight excluding hydrogens is 445 g/mol. The molecular formula is C18H10F5N5O2S. The second-order valence-electron chi connectivity index (χ2n) is 6.26. The van der Waals surface area contributed by atoms with E-state index in [9.17, 15) is 31.5 Å². The quantitative estimate of drug-likeness (QED) is 0.378. The van der Waals surface area contributed by atoms with Gasteiger partial charge in [0.2, 0.25) is 0 Å². The predicted octanol–water partition coefficient (Wildman–Crippen LogP) is 3.16. The molecule has 0 aliphatic carbocycles. The summed E-state index contributed by atoms with van der Waals surface area (Å²) in [6.45, 7) is 0. The summed E-state index contributed by atoms with van der Waals surface area (Å²) in [6.07, 6.45) is -2.27. The molecule has 1 aromatic carbocycles. The molecule has 0 spiro atoms. The van der Waals surface area contributed by atoms with Crippen LogP contribution < -0.4 is 11.1 Å². The van der Waals surface area contributed by atoms with E-state index in [0.29, 0.717) is 6.07 Å². The minimum atomic E-state index is -4.69. The molecule has 0 saturated carbocycles. The SMILES string of the molecule is O=c1[nH]cc(-n2c(SCc3ccc(C(F)(F)F)cc3F)nn3nccc3c2=O)cc1F. The molecule has 1 N–H and O–H groups in total. The number of hydrogen-bond donors (Lipinski definition) is 1. The summed E-state index contributed by atoms with van der Waals surface area (Å²) < 4.78 is 68.1. The first kappa shape index (κ1) is 20.8. The molecule has 0 saturated heterocycles. The van der Waals surface area contributed by atoms with Crippen molar-refractivity contribution in [3.63, 3.8) is 0 Å². The number of fused-ring (bicyclic) bond motifs is 1. The van der Waals surface area contributed by atoms with Crippen LogP contribution in [0.2, 0.25) is 0 Å². The monoisotopic (exact) mass is 455 g/mol. The van der Waals surface area contributed by atoms with Crippen LogP contribution in [0.3, 0.4) is 0 Å². The Morgan fingerprint density at radius 3 is 2.52 bits per heavy atom. The lowest BCUT2D eigenvalue weighted by Gasteiger charge is -2.12. The molecule has 13 heteroatoms. The van der Waals surface area contributed by atoms with Crippen LogP contribution in [0.1, 0.15) is 11.1 Å². The van der Waals surface area contributed by atoms with Crippen LogP contribution in [-0.4, -0.2) is 24.4 Å². The highest BCUT2D eigenvalue weighted by Gasteiger charge is 2.31. The van der Waals surface area contributed by atoms with Gasteiger partial charge < -0.3 is 4.98 Å². The van der Waals surface area contributed by atoms with Gasteiger partial charge in [0, 0.05) is 18.0 Å². The van der Waals surface area contributed by atoms with Gasteiger partial charge in [-0.2, -0.15) is 18.3 Å². The van der Waals surface area contributed by atoms with Crippen molar-refractivity contribution in [1.82, 2.24) is 24.4 Å². The molecule has 0 unspecified atom stereocenters. The predicted molar refractivity (Wildman–Crippen MR) is 100 cm³/mol. The molecule has 160 valence electrons. The topological polar surface area (TPSA) is 85.1 Å². The van der Waals surface area contributed by atoms with E-state index >= 15 is 0 Å². The number of nitrogens with one attached hydrogen (secondary N) is 1. The standard InChI is InChI=1S/C18H10F5N5O2S/c19-12-5-10(18(21,22)23)2-1-9(12)8-31-17-26-28-14(3-4-25-28)16(30)27(17)11-6-13(20)15(29)24-7-11/h1-7H,8H2,(H,24,29). The molecule has 7 nitrogen and oxygen atoms in total. The Kier molecular flexibility index (Phi) is 5.13. The van der Waals surface area contributed by atoms with E-state index in [1.54, 1.807) is 0 Å². The minimum absolute atomic E-state index is 0.0475. The molecule has 4 aromatic rings. The molecule has 0 aliphatic rings. The van der Waals surface area contributed by atoms with Crippen molar-refractivity contribution < 1.29 is 22.0 Å². The average Bonchev–Trinajstić information content (AvgIpc) is 3.17. The maximum Gasteiger partial charge on any atom is 0.416 e. The molecule has 3 heterocycles. The fraction of sp³-hybridized carbons (Fsp3) is 0.111. The van der Waals surface area contributed by atoms with E-state index in [2.05, 4.69) is 15.2 Å². The van der Waals surface area contributed by atoms with Crippen molar-refractivity contribution in [2.24, 2.45) is 0 Å². The maximum absolute atomic E-state index is 14.2. The van der Waals surface area contributed by atoms with Crippen molar-refractivity contribution in [1.29, 1.82) is 0 Å². The third-order valence-electron chi connectivity index (χ3n) is 4.26. The number of nitrogens with zero attached hydrogens (tertiary/aromatic N) is 4. The number of hydrogen-bond acceptors (Lipinski definition) is 5. The number of aromatic nitrogens is 5. The van der Waals surface area contributed by atoms with Crippen molar-refractivity contribution in [3.05, 3.63) is 86.2 Å². The van der Waals surface area contributed by atoms with Gasteiger partial charge in [0.15, 0.2) is 16.5 Å². The van der Waals surface area contributed by atoms with Crippen LogP contribution in [0.5, 0.6) is 0 Å². The Balaban J connectivity index is 1.76. The van der Waals surface area contributed by atoms with Crippen molar-refractivity contribution in [3.8, 4) is 5.69 Å². The van der Waals surface area contributed by atoms with Gasteiger partial charge in [-0.1, -0.05) is 17.8 Å². The third-order valence-corrected chi connectivity index (χ3v) is 5.23. The number of benzene rings is 1. The van der Waals surface area contributed by atoms with E-state index < -0.39 is 34.5 Å². The number of pyridine rings is 1. The molecule has 0 aliphatic heterocycles. The first-order valence-electron chi connectivity index (χ1n) is 8.49. The Morgan fingerprint density at radius 2 is 1.84 bits per heavy atom. The molecule has 0 radical (unpaired) electrons. The summed E-state index contributed by atoms with van der Waals surface area (Å²) in [5.74, 6) is -2.40. The summed E-state index contributed by atoms with van der Waals surface area (Å²) in [5.41, 5.74) is -2.82.